The van der Waals surface area contributed by atoms with Crippen molar-refractivity contribution in [2.75, 3.05) is 19.6 Å². The number of rotatable bonds is 16. The van der Waals surface area contributed by atoms with Crippen LogP contribution in [0.5, 0.6) is 0 Å². The predicted molar refractivity (Wildman–Crippen MR) is 169 cm³/mol. The van der Waals surface area contributed by atoms with E-state index in [4.69, 9.17) is 4.74 Å². The number of nitro groups is 1. The van der Waals surface area contributed by atoms with Crippen LogP contribution >= 0.6 is 0 Å². The summed E-state index contributed by atoms with van der Waals surface area (Å²) in [5.41, 5.74) is 0.555. The van der Waals surface area contributed by atoms with Crippen molar-refractivity contribution in [2.24, 2.45) is 11.8 Å². The molecule has 0 aliphatic carbocycles. The van der Waals surface area contributed by atoms with Gasteiger partial charge >= 0.3 is 6.09 Å². The van der Waals surface area contributed by atoms with Crippen LogP contribution in [0.1, 0.15) is 51.7 Å². The van der Waals surface area contributed by atoms with Crippen molar-refractivity contribution in [3.8, 4) is 0 Å². The van der Waals surface area contributed by atoms with Gasteiger partial charge in [-0.3, -0.25) is 19.8 Å². The smallest absolute Gasteiger partial charge is 0.407 e. The van der Waals surface area contributed by atoms with Crippen LogP contribution in [0.4, 0.5) is 10.5 Å². The number of nitrogens with one attached hydrogen (secondary N) is 3. The van der Waals surface area contributed by atoms with E-state index in [0.29, 0.717) is 19.5 Å². The molecule has 0 bridgehead atoms. The Labute approximate surface area is 264 Å². The van der Waals surface area contributed by atoms with Crippen molar-refractivity contribution in [1.82, 2.24) is 20.3 Å². The van der Waals surface area contributed by atoms with E-state index in [9.17, 15) is 33.2 Å². The fourth-order valence-corrected chi connectivity index (χ4v) is 6.76. The van der Waals surface area contributed by atoms with Crippen molar-refractivity contribution >= 4 is 27.7 Å². The summed E-state index contributed by atoms with van der Waals surface area (Å²) in [7, 11) is -4.14. The maximum atomic E-state index is 13.3. The Hall–Kier alpha value is -3.59. The van der Waals surface area contributed by atoms with E-state index in [0.717, 1.165) is 5.56 Å². The number of alkyl carbamates (subject to hydrolysis) is 1. The zero-order valence-electron chi connectivity index (χ0n) is 26.2. The number of benzene rings is 2. The number of sulfonamides is 1. The fourth-order valence-electron chi connectivity index (χ4n) is 5.39. The fraction of sp³-hybridized carbons (Fsp3) is 0.548. The quantitative estimate of drug-likeness (QED) is 0.157. The molecule has 1 fully saturated rings. The van der Waals surface area contributed by atoms with E-state index >= 15 is 0 Å². The first kappa shape index (κ1) is 35.9. The maximum Gasteiger partial charge on any atom is 0.407 e. The predicted octanol–water partition coefficient (Wildman–Crippen LogP) is 2.93. The summed E-state index contributed by atoms with van der Waals surface area (Å²) in [4.78, 5) is 38.6. The van der Waals surface area contributed by atoms with Crippen LogP contribution in [0, 0.1) is 22.0 Å². The van der Waals surface area contributed by atoms with E-state index in [1.54, 1.807) is 0 Å². The number of hydrogen-bond donors (Lipinski definition) is 4. The molecule has 248 valence electrons. The minimum absolute atomic E-state index is 0.00840. The number of aliphatic hydroxyl groups excluding tert-OH is 1. The Kier molecular flexibility index (Phi) is 13.3. The second-order valence-corrected chi connectivity index (χ2v) is 14.1. The van der Waals surface area contributed by atoms with Crippen molar-refractivity contribution in [3.63, 3.8) is 0 Å². The van der Waals surface area contributed by atoms with E-state index < -0.39 is 50.9 Å². The molecule has 0 saturated carbocycles. The number of nitro benzene ring substituents is 1. The topological polar surface area (TPSA) is 180 Å². The van der Waals surface area contributed by atoms with Crippen LogP contribution in [0.15, 0.2) is 54.6 Å². The number of para-hydroxylation sites is 1. The highest BCUT2D eigenvalue weighted by Gasteiger charge is 2.36. The minimum Gasteiger partial charge on any atom is -0.445 e. The molecule has 4 N–H and O–H groups in total. The van der Waals surface area contributed by atoms with Crippen LogP contribution in [-0.4, -0.2) is 79.2 Å². The lowest BCUT2D eigenvalue weighted by molar-refractivity contribution is -0.385. The molecule has 1 heterocycles. The molecule has 1 aliphatic heterocycles. The van der Waals surface area contributed by atoms with Crippen molar-refractivity contribution in [1.29, 1.82) is 0 Å². The van der Waals surface area contributed by atoms with Gasteiger partial charge in [-0.25, -0.2) is 17.9 Å². The zero-order chi connectivity index (χ0) is 33.1. The number of likely N-dealkylation sites (tertiary alicyclic amines) is 1. The SMILES string of the molecule is CC(C)C[C@@H](CN1CC(O)C(NC(=O)[C@H](CC(C)C)NS(=O)(=O)Cc2ccccc2[N+](=O)[O-])C1)NC(=O)OCc1ccccc1. The molecule has 2 aromatic carbocycles. The highest BCUT2D eigenvalue weighted by Crippen LogP contribution is 2.21. The number of carbonyl (C=O) groups excluding carboxylic acids is 2. The molecule has 2 amide bonds. The molecular weight excluding hydrogens is 602 g/mol. The van der Waals surface area contributed by atoms with Crippen LogP contribution in [-0.2, 0) is 31.9 Å². The standard InChI is InChI=1S/C31H45N5O8S/c1-21(2)14-25(32-31(39)44-19-23-10-6-5-7-11-23)16-35-17-27(29(37)18-35)33-30(38)26(15-22(3)4)34-45(42,43)20-24-12-8-9-13-28(24)36(40)41/h5-13,21-22,25-27,29,34,37H,14-20H2,1-4H3,(H,32,39)(H,33,38)/t25-,26-,27?,29?/m0/s1. The molecule has 3 rings (SSSR count). The van der Waals surface area contributed by atoms with Crippen molar-refractivity contribution in [2.45, 2.75) is 77.1 Å². The highest BCUT2D eigenvalue weighted by atomic mass is 32.2. The van der Waals surface area contributed by atoms with Crippen LogP contribution in [0.3, 0.4) is 0 Å². The number of amides is 2. The van der Waals surface area contributed by atoms with Gasteiger partial charge in [0.15, 0.2) is 0 Å². The minimum atomic E-state index is -4.14. The summed E-state index contributed by atoms with van der Waals surface area (Å²) < 4.78 is 33.9. The first-order valence-electron chi connectivity index (χ1n) is 15.1. The highest BCUT2D eigenvalue weighted by molar-refractivity contribution is 7.88. The lowest BCUT2D eigenvalue weighted by Gasteiger charge is -2.26. The maximum absolute atomic E-state index is 13.3. The molecule has 13 nitrogen and oxygen atoms in total. The third-order valence-corrected chi connectivity index (χ3v) is 8.68. The molecule has 0 radical (unpaired) electrons. The molecule has 45 heavy (non-hydrogen) atoms. The summed E-state index contributed by atoms with van der Waals surface area (Å²) in [6.07, 6.45) is -0.609. The normalized spacial score (nSPS) is 18.5. The van der Waals surface area contributed by atoms with Gasteiger partial charge in [-0.05, 0) is 30.2 Å². The first-order chi connectivity index (χ1) is 21.2. The summed E-state index contributed by atoms with van der Waals surface area (Å²) in [5.74, 6) is -1.04. The van der Waals surface area contributed by atoms with Gasteiger partial charge in [-0.1, -0.05) is 76.2 Å². The Bertz CT molecular complexity index is 1390. The Morgan fingerprint density at radius 3 is 2.31 bits per heavy atom. The van der Waals surface area contributed by atoms with Gasteiger partial charge in [-0.15, -0.1) is 0 Å². The molecular formula is C31H45N5O8S. The average molecular weight is 648 g/mol. The van der Waals surface area contributed by atoms with E-state index in [2.05, 4.69) is 15.4 Å². The van der Waals surface area contributed by atoms with Gasteiger partial charge in [0.1, 0.15) is 12.6 Å². The molecule has 2 unspecified atom stereocenters. The lowest BCUT2D eigenvalue weighted by Crippen LogP contribution is -2.53. The Morgan fingerprint density at radius 1 is 1.02 bits per heavy atom. The lowest BCUT2D eigenvalue weighted by atomic mass is 10.0. The largest absolute Gasteiger partial charge is 0.445 e. The zero-order valence-corrected chi connectivity index (χ0v) is 27.0. The van der Waals surface area contributed by atoms with Gasteiger partial charge in [0.2, 0.25) is 15.9 Å². The molecule has 0 spiro atoms. The van der Waals surface area contributed by atoms with Crippen LogP contribution in [0.25, 0.3) is 0 Å². The average Bonchev–Trinajstić information content (AvgIpc) is 3.29. The summed E-state index contributed by atoms with van der Waals surface area (Å²) in [6, 6.07) is 12.8. The second-order valence-electron chi connectivity index (χ2n) is 12.4. The summed E-state index contributed by atoms with van der Waals surface area (Å²) >= 11 is 0. The van der Waals surface area contributed by atoms with Crippen molar-refractivity contribution < 1.29 is 32.8 Å². The van der Waals surface area contributed by atoms with Gasteiger partial charge in [0, 0.05) is 37.3 Å². The van der Waals surface area contributed by atoms with Crippen LogP contribution < -0.4 is 15.4 Å². The summed E-state index contributed by atoms with van der Waals surface area (Å²) in [6.45, 7) is 8.86. The van der Waals surface area contributed by atoms with Gasteiger partial charge in [0.25, 0.3) is 5.69 Å². The van der Waals surface area contributed by atoms with Crippen molar-refractivity contribution in [3.05, 3.63) is 75.8 Å². The first-order valence-corrected chi connectivity index (χ1v) is 16.8. The monoisotopic (exact) mass is 647 g/mol. The van der Waals surface area contributed by atoms with Gasteiger partial charge in [0.05, 0.1) is 22.8 Å². The Morgan fingerprint density at radius 2 is 1.67 bits per heavy atom. The van der Waals surface area contributed by atoms with E-state index in [1.807, 2.05) is 62.9 Å². The number of carbonyl (C=O) groups is 2. The molecule has 4 atom stereocenters. The second kappa shape index (κ2) is 16.6. The third-order valence-electron chi connectivity index (χ3n) is 7.34. The number of β-amino-alcohol motifs (C(OH)–C–C–N with tert-alkyl or cyclic N) is 1. The number of aliphatic hydroxyl groups is 1. The number of hydrogen-bond acceptors (Lipinski definition) is 9. The third kappa shape index (κ3) is 12.0. The van der Waals surface area contributed by atoms with E-state index in [-0.39, 0.29) is 48.7 Å². The van der Waals surface area contributed by atoms with Gasteiger partial charge in [-0.2, -0.15) is 0 Å². The number of nitrogens with zero attached hydrogens (tertiary/aromatic N) is 2. The Balaban J connectivity index is 1.60. The number of ether oxygens (including phenoxy) is 1. The molecule has 2 aromatic rings. The molecule has 1 aliphatic rings. The van der Waals surface area contributed by atoms with Crippen LogP contribution in [0.2, 0.25) is 0 Å². The molecule has 0 aromatic heterocycles. The van der Waals surface area contributed by atoms with E-state index in [1.165, 1.54) is 24.3 Å². The van der Waals surface area contributed by atoms with Gasteiger partial charge < -0.3 is 20.5 Å². The summed E-state index contributed by atoms with van der Waals surface area (Å²) in [5, 5.41) is 27.9. The molecule has 14 heteroatoms. The molecule has 1 saturated heterocycles.